The summed E-state index contributed by atoms with van der Waals surface area (Å²) >= 11 is 3.40. The van der Waals surface area contributed by atoms with Gasteiger partial charge in [-0.25, -0.2) is 4.98 Å². The van der Waals surface area contributed by atoms with Crippen LogP contribution < -0.4 is 14.8 Å². The van der Waals surface area contributed by atoms with E-state index in [1.165, 1.54) is 0 Å². The van der Waals surface area contributed by atoms with Gasteiger partial charge in [0.15, 0.2) is 0 Å². The Hall–Kier alpha value is -3.32. The zero-order valence-corrected chi connectivity index (χ0v) is 19.3. The van der Waals surface area contributed by atoms with Crippen molar-refractivity contribution in [3.05, 3.63) is 88.7 Å². The summed E-state index contributed by atoms with van der Waals surface area (Å²) in [5, 5.41) is 2.98. The summed E-state index contributed by atoms with van der Waals surface area (Å²) in [6, 6.07) is 22.9. The monoisotopic (exact) mass is 493 g/mol. The van der Waals surface area contributed by atoms with Crippen LogP contribution in [0.25, 0.3) is 11.0 Å². The molecule has 0 saturated heterocycles. The first-order valence-electron chi connectivity index (χ1n) is 10.4. The Balaban J connectivity index is 1.41. The van der Waals surface area contributed by atoms with E-state index in [9.17, 15) is 4.79 Å². The average Bonchev–Trinajstić information content (AvgIpc) is 3.17. The fraction of sp³-hybridized carbons (Fsp3) is 0.200. The van der Waals surface area contributed by atoms with Crippen molar-refractivity contribution in [2.75, 3.05) is 20.3 Å². The van der Waals surface area contributed by atoms with Crippen molar-refractivity contribution in [3.8, 4) is 11.5 Å². The first kappa shape index (κ1) is 21.9. The maximum absolute atomic E-state index is 12.4. The van der Waals surface area contributed by atoms with E-state index in [0.717, 1.165) is 32.8 Å². The predicted octanol–water partition coefficient (Wildman–Crippen LogP) is 4.86. The second kappa shape index (κ2) is 10.3. The van der Waals surface area contributed by atoms with E-state index in [2.05, 4.69) is 31.9 Å². The van der Waals surface area contributed by atoms with Gasteiger partial charge in [-0.15, -0.1) is 0 Å². The number of aromatic nitrogens is 2. The highest BCUT2D eigenvalue weighted by Gasteiger charge is 2.12. The number of nitrogens with zero attached hydrogens (tertiary/aromatic N) is 2. The predicted molar refractivity (Wildman–Crippen MR) is 128 cm³/mol. The number of hydrogen-bond donors (Lipinski definition) is 1. The molecule has 1 amide bonds. The summed E-state index contributed by atoms with van der Waals surface area (Å²) < 4.78 is 14.1. The highest BCUT2D eigenvalue weighted by molar-refractivity contribution is 9.10. The van der Waals surface area contributed by atoms with Crippen molar-refractivity contribution < 1.29 is 14.3 Å². The smallest absolute Gasteiger partial charge is 0.251 e. The lowest BCUT2D eigenvalue weighted by atomic mass is 10.2. The van der Waals surface area contributed by atoms with Crippen LogP contribution in [-0.2, 0) is 13.0 Å². The molecule has 0 atom stereocenters. The molecule has 0 unspecified atom stereocenters. The van der Waals surface area contributed by atoms with Gasteiger partial charge in [-0.05, 0) is 54.6 Å². The number of imidazole rings is 1. The Bertz CT molecular complexity index is 1200. The van der Waals surface area contributed by atoms with Crippen LogP contribution in [0.1, 0.15) is 16.2 Å². The molecule has 0 saturated carbocycles. The lowest BCUT2D eigenvalue weighted by molar-refractivity contribution is 0.0954. The van der Waals surface area contributed by atoms with Gasteiger partial charge in [-0.1, -0.05) is 34.1 Å². The Morgan fingerprint density at radius 1 is 1.03 bits per heavy atom. The van der Waals surface area contributed by atoms with Crippen molar-refractivity contribution in [3.63, 3.8) is 0 Å². The molecular weight excluding hydrogens is 470 g/mol. The number of fused-ring (bicyclic) bond motifs is 1. The van der Waals surface area contributed by atoms with Crippen molar-refractivity contribution >= 4 is 32.9 Å². The zero-order valence-electron chi connectivity index (χ0n) is 17.8. The molecule has 7 heteroatoms. The van der Waals surface area contributed by atoms with E-state index in [1.54, 1.807) is 19.2 Å². The van der Waals surface area contributed by atoms with Crippen LogP contribution in [-0.4, -0.2) is 35.7 Å². The van der Waals surface area contributed by atoms with Crippen LogP contribution in [0.3, 0.4) is 0 Å². The lowest BCUT2D eigenvalue weighted by Crippen LogP contribution is -2.26. The average molecular weight is 494 g/mol. The molecule has 32 heavy (non-hydrogen) atoms. The highest BCUT2D eigenvalue weighted by atomic mass is 79.9. The first-order chi connectivity index (χ1) is 15.6. The van der Waals surface area contributed by atoms with Gasteiger partial charge in [0.1, 0.15) is 23.9 Å². The van der Waals surface area contributed by atoms with Gasteiger partial charge in [0.25, 0.3) is 5.91 Å². The minimum atomic E-state index is -0.100. The maximum Gasteiger partial charge on any atom is 0.251 e. The van der Waals surface area contributed by atoms with Gasteiger partial charge in [-0.2, -0.15) is 0 Å². The molecule has 4 aromatic rings. The number of carbonyl (C=O) groups excluding carboxylic acids is 1. The number of ether oxygens (including phenoxy) is 2. The molecule has 1 aromatic heterocycles. The molecule has 1 N–H and O–H groups in total. The van der Waals surface area contributed by atoms with E-state index in [0.29, 0.717) is 31.7 Å². The minimum absolute atomic E-state index is 0.100. The highest BCUT2D eigenvalue weighted by Crippen LogP contribution is 2.19. The third-order valence-electron chi connectivity index (χ3n) is 5.10. The molecule has 6 nitrogen and oxygen atoms in total. The molecular formula is C25H24BrN3O3. The van der Waals surface area contributed by atoms with Crippen LogP contribution in [0.2, 0.25) is 0 Å². The molecule has 0 radical (unpaired) electrons. The maximum atomic E-state index is 12.4. The summed E-state index contributed by atoms with van der Waals surface area (Å²) in [6.45, 7) is 1.65. The molecule has 0 aliphatic carbocycles. The van der Waals surface area contributed by atoms with E-state index < -0.39 is 0 Å². The minimum Gasteiger partial charge on any atom is -0.497 e. The number of methoxy groups -OCH3 is 1. The third kappa shape index (κ3) is 5.29. The third-order valence-corrected chi connectivity index (χ3v) is 5.59. The summed E-state index contributed by atoms with van der Waals surface area (Å²) in [5.74, 6) is 2.40. The number of hydrogen-bond acceptors (Lipinski definition) is 4. The van der Waals surface area contributed by atoms with Crippen molar-refractivity contribution in [2.24, 2.45) is 0 Å². The summed E-state index contributed by atoms with van der Waals surface area (Å²) in [6.07, 6.45) is 0.622. The fourth-order valence-corrected chi connectivity index (χ4v) is 3.91. The number of nitrogens with one attached hydrogen (secondary N) is 1. The second-order valence-electron chi connectivity index (χ2n) is 7.21. The molecule has 0 aliphatic heterocycles. The largest absolute Gasteiger partial charge is 0.497 e. The van der Waals surface area contributed by atoms with E-state index in [-0.39, 0.29) is 5.91 Å². The molecule has 3 aromatic carbocycles. The fourth-order valence-electron chi connectivity index (χ4n) is 3.51. The molecule has 4 rings (SSSR count). The number of rotatable bonds is 9. The summed E-state index contributed by atoms with van der Waals surface area (Å²) in [7, 11) is 1.64. The Kier molecular flexibility index (Phi) is 7.07. The Morgan fingerprint density at radius 3 is 2.59 bits per heavy atom. The van der Waals surface area contributed by atoms with Crippen LogP contribution >= 0.6 is 15.9 Å². The second-order valence-corrected chi connectivity index (χ2v) is 8.12. The van der Waals surface area contributed by atoms with Gasteiger partial charge in [0.2, 0.25) is 0 Å². The zero-order chi connectivity index (χ0) is 22.3. The van der Waals surface area contributed by atoms with Crippen LogP contribution in [0.4, 0.5) is 0 Å². The van der Waals surface area contributed by atoms with E-state index >= 15 is 0 Å². The van der Waals surface area contributed by atoms with E-state index in [4.69, 9.17) is 14.5 Å². The normalized spacial score (nSPS) is 10.8. The van der Waals surface area contributed by atoms with Gasteiger partial charge in [0.05, 0.1) is 24.7 Å². The SMILES string of the molecule is COc1ccc(OCCn2c(CCNC(=O)c3cccc(Br)c3)nc3ccccc32)cc1. The molecule has 164 valence electrons. The Morgan fingerprint density at radius 2 is 1.81 bits per heavy atom. The Labute approximate surface area is 195 Å². The van der Waals surface area contributed by atoms with Crippen LogP contribution in [0, 0.1) is 0 Å². The van der Waals surface area contributed by atoms with Gasteiger partial charge in [-0.3, -0.25) is 4.79 Å². The summed E-state index contributed by atoms with van der Waals surface area (Å²) in [4.78, 5) is 17.2. The molecule has 0 aliphatic rings. The van der Waals surface area contributed by atoms with Gasteiger partial charge < -0.3 is 19.4 Å². The molecule has 0 fully saturated rings. The number of carbonyl (C=O) groups is 1. The van der Waals surface area contributed by atoms with Crippen molar-refractivity contribution in [1.29, 1.82) is 0 Å². The number of amides is 1. The molecule has 0 spiro atoms. The van der Waals surface area contributed by atoms with Crippen LogP contribution in [0.15, 0.2) is 77.3 Å². The lowest BCUT2D eigenvalue weighted by Gasteiger charge is -2.12. The standard InChI is InChI=1S/C25H24BrN3O3/c1-31-20-9-11-21(12-10-20)32-16-15-29-23-8-3-2-7-22(23)28-24(29)13-14-27-25(30)18-5-4-6-19(26)17-18/h2-12,17H,13-16H2,1H3,(H,27,30). The van der Waals surface area contributed by atoms with Crippen molar-refractivity contribution in [2.45, 2.75) is 13.0 Å². The molecule has 1 heterocycles. The van der Waals surface area contributed by atoms with Gasteiger partial charge >= 0.3 is 0 Å². The quantitative estimate of drug-likeness (QED) is 0.361. The van der Waals surface area contributed by atoms with E-state index in [1.807, 2.05) is 54.6 Å². The van der Waals surface area contributed by atoms with Crippen molar-refractivity contribution in [1.82, 2.24) is 14.9 Å². The molecule has 0 bridgehead atoms. The number of para-hydroxylation sites is 2. The first-order valence-corrected chi connectivity index (χ1v) is 11.2. The topological polar surface area (TPSA) is 65.4 Å². The van der Waals surface area contributed by atoms with Gasteiger partial charge in [0, 0.05) is 23.0 Å². The summed E-state index contributed by atoms with van der Waals surface area (Å²) in [5.41, 5.74) is 2.62. The number of benzene rings is 3. The van der Waals surface area contributed by atoms with Crippen LogP contribution in [0.5, 0.6) is 11.5 Å². The number of halogens is 1.